The summed E-state index contributed by atoms with van der Waals surface area (Å²) in [5.41, 5.74) is 74.4. The number of hydrogen-bond acceptors (Lipinski definition) is 5. The van der Waals surface area contributed by atoms with Crippen LogP contribution in [0.5, 0.6) is 0 Å². The molecule has 7 aliphatic rings. The largest absolute Gasteiger partial charge is 0.398 e. The number of fused-ring (bicyclic) bond motifs is 21. The summed E-state index contributed by atoms with van der Waals surface area (Å²) in [6.07, 6.45) is 5.00. The standard InChI is InChI=1S/C51H31N3.C51H40.C25H20N2.C12H9Br/c1-3-17-33-29(13-1)31-15-5-7-23-39(31)52-41-25-11-27-43-47(41)45-35(49(33)52)19-9-21-37(45)51-38-22-10-20-36-46(38)48-42(26-12-28-44(48)54(43)51)53-40-24-8-6-16-32(40)30-14-2-4-18-34(30)50(36)53;1-5-19-38(20-6-1)48-33-15-13-27-42(48)35-44-29-17-31-46(50(44)40-23-9-3-10-24-40)37-47-32-18-30-45(51(47)41-25-11-4-12-26-41)36-43-28-14-16-34-49(43)39-21-7-2-8-22-39;26-22-15-7-13-20(24(22)18-9-3-1-4-10-18)17-21-14-8-16-23(27)25(21)19-11-5-2-6-12-19;13-12-9-5-4-8-11(12)10-6-2-1-3-7-10/h1-28,49-51H;1-34H,35-37H2;1-7,9-13,15-16H,17,26-27H2;1-9H. The molecule has 0 saturated carbocycles. The molecule has 2 unspecified atom stereocenters. The molecule has 21 aromatic rings. The Morgan fingerprint density at radius 1 is 0.200 bits per heavy atom. The molecule has 21 aromatic carbocycles. The van der Waals surface area contributed by atoms with Crippen molar-refractivity contribution in [3.8, 4) is 111 Å². The molecule has 4 N–H and O–H groups in total. The topological polar surface area (TPSA) is 61.8 Å². The van der Waals surface area contributed by atoms with Gasteiger partial charge < -0.3 is 26.2 Å². The first-order valence-corrected chi connectivity index (χ1v) is 50.9. The van der Waals surface area contributed by atoms with Crippen molar-refractivity contribution in [2.45, 2.75) is 43.8 Å². The molecule has 6 heterocycles. The number of halogens is 1. The number of allylic oxidation sites excluding steroid dienone is 3. The average Bonchev–Trinajstić information content (AvgIpc) is 0.666. The van der Waals surface area contributed by atoms with Crippen molar-refractivity contribution in [2.75, 3.05) is 20.4 Å². The molecule has 688 valence electrons. The van der Waals surface area contributed by atoms with Crippen LogP contribution < -0.4 is 26.2 Å². The number of benzene rings is 21. The average molecular weight is 1920 g/mol. The third-order valence-corrected chi connectivity index (χ3v) is 30.5. The molecule has 1 aliphatic carbocycles. The van der Waals surface area contributed by atoms with Gasteiger partial charge in [-0.1, -0.05) is 488 Å². The SMILES string of the molecule is Brc1ccccc1-c1ccccc1.NC1=C(c2ccccc2)C(Cc2cccc(N)c2-c2ccccc2)=C=C=C1.c1ccc(-c2ccccc2Cc2cccc(Cc3cccc(Cc4ccccc4-c4ccccc4)c3-c3ccccc3)c2-c2ccccc2)cc1.c1ccc2c(c1)-c1ccccc1N1c3cccc4c3-c3c(cccc3C3c5cccc6c5-c5c(cccc5N43)N3c4ccccc4-c4ccccc4C63)C21. The summed E-state index contributed by atoms with van der Waals surface area (Å²) in [7, 11) is 0. The van der Waals surface area contributed by atoms with Crippen LogP contribution in [-0.2, 0) is 25.7 Å². The minimum Gasteiger partial charge on any atom is -0.398 e. The maximum Gasteiger partial charge on any atom is 0.0857 e. The van der Waals surface area contributed by atoms with Crippen LogP contribution in [0.1, 0.15) is 96.0 Å². The lowest BCUT2D eigenvalue weighted by atomic mass is 9.69. The minimum atomic E-state index is 0.0377. The van der Waals surface area contributed by atoms with Gasteiger partial charge in [0, 0.05) is 78.7 Å². The zero-order chi connectivity index (χ0) is 96.8. The summed E-state index contributed by atoms with van der Waals surface area (Å²) in [6, 6.07) is 185. The van der Waals surface area contributed by atoms with E-state index in [9.17, 15) is 0 Å². The van der Waals surface area contributed by atoms with Crippen LogP contribution in [0.2, 0.25) is 0 Å². The van der Waals surface area contributed by atoms with E-state index < -0.39 is 0 Å². The quantitative estimate of drug-likeness (QED) is 0.0791. The van der Waals surface area contributed by atoms with E-state index in [-0.39, 0.29) is 18.1 Å². The smallest absolute Gasteiger partial charge is 0.0857 e. The van der Waals surface area contributed by atoms with E-state index in [1.165, 1.54) is 201 Å². The van der Waals surface area contributed by atoms with Gasteiger partial charge >= 0.3 is 0 Å². The second-order valence-corrected chi connectivity index (χ2v) is 38.9. The highest BCUT2D eigenvalue weighted by atomic mass is 79.9. The van der Waals surface area contributed by atoms with E-state index in [1.54, 1.807) is 6.08 Å². The van der Waals surface area contributed by atoms with Gasteiger partial charge in [-0.25, -0.2) is 0 Å². The molecule has 0 radical (unpaired) electrons. The third kappa shape index (κ3) is 16.1. The number of nitrogen functional groups attached to an aromatic ring is 1. The monoisotopic (exact) mass is 1920 g/mol. The maximum absolute atomic E-state index is 6.34. The molecule has 0 amide bonds. The number of nitrogens with zero attached hydrogens (tertiary/aromatic N) is 3. The molecule has 0 saturated heterocycles. The summed E-state index contributed by atoms with van der Waals surface area (Å²) in [4.78, 5) is 7.95. The van der Waals surface area contributed by atoms with Crippen molar-refractivity contribution in [1.82, 2.24) is 0 Å². The molecule has 0 bridgehead atoms. The Morgan fingerprint density at radius 3 is 0.883 bits per heavy atom. The molecule has 5 nitrogen and oxygen atoms in total. The lowest BCUT2D eigenvalue weighted by Crippen LogP contribution is -2.40. The highest BCUT2D eigenvalue weighted by molar-refractivity contribution is 9.10. The van der Waals surface area contributed by atoms with E-state index in [1.807, 2.05) is 66.7 Å². The first kappa shape index (κ1) is 88.6. The minimum absolute atomic E-state index is 0.0377. The Morgan fingerprint density at radius 2 is 0.469 bits per heavy atom. The third-order valence-electron chi connectivity index (χ3n) is 29.8. The molecule has 6 aliphatic heterocycles. The highest BCUT2D eigenvalue weighted by Gasteiger charge is 2.51. The molecule has 145 heavy (non-hydrogen) atoms. The van der Waals surface area contributed by atoms with Crippen LogP contribution in [-0.4, -0.2) is 0 Å². The van der Waals surface area contributed by atoms with Crippen LogP contribution in [0.15, 0.2) is 543 Å². The Bertz CT molecular complexity index is 8120. The first-order chi connectivity index (χ1) is 71.8. The number of hydrogen-bond donors (Lipinski definition) is 2. The van der Waals surface area contributed by atoms with Gasteiger partial charge in [-0.3, -0.25) is 0 Å². The molecule has 28 rings (SSSR count). The van der Waals surface area contributed by atoms with Gasteiger partial charge in [0.2, 0.25) is 0 Å². The van der Waals surface area contributed by atoms with Crippen LogP contribution in [0.3, 0.4) is 0 Å². The van der Waals surface area contributed by atoms with Crippen molar-refractivity contribution in [2.24, 2.45) is 5.73 Å². The fourth-order valence-corrected chi connectivity index (χ4v) is 24.3. The molecule has 2 atom stereocenters. The van der Waals surface area contributed by atoms with Crippen LogP contribution in [0.25, 0.3) is 117 Å². The van der Waals surface area contributed by atoms with Crippen molar-refractivity contribution >= 4 is 61.3 Å². The zero-order valence-corrected chi connectivity index (χ0v) is 81.6. The van der Waals surface area contributed by atoms with Crippen molar-refractivity contribution in [3.05, 3.63) is 621 Å². The van der Waals surface area contributed by atoms with Gasteiger partial charge in [0.1, 0.15) is 0 Å². The van der Waals surface area contributed by atoms with Gasteiger partial charge in [-0.15, -0.1) is 0 Å². The molecule has 0 spiro atoms. The van der Waals surface area contributed by atoms with Crippen molar-refractivity contribution in [1.29, 1.82) is 0 Å². The number of para-hydroxylation sites is 2. The molecule has 6 heteroatoms. The van der Waals surface area contributed by atoms with Crippen molar-refractivity contribution < 1.29 is 0 Å². The lowest BCUT2D eigenvalue weighted by Gasteiger charge is -2.53. The van der Waals surface area contributed by atoms with Gasteiger partial charge in [-0.05, 0) is 229 Å². The van der Waals surface area contributed by atoms with Gasteiger partial charge in [0.05, 0.1) is 40.9 Å². The molecule has 0 fully saturated rings. The van der Waals surface area contributed by atoms with Crippen LogP contribution >= 0.6 is 15.9 Å². The summed E-state index contributed by atoms with van der Waals surface area (Å²) in [5.74, 6) is 0. The predicted octanol–water partition coefficient (Wildman–Crippen LogP) is 35.4. The van der Waals surface area contributed by atoms with E-state index in [4.69, 9.17) is 11.5 Å². The van der Waals surface area contributed by atoms with E-state index in [2.05, 4.69) is 485 Å². The molecule has 0 aromatic heterocycles. The zero-order valence-electron chi connectivity index (χ0n) is 80.0. The normalized spacial score (nSPS) is 14.2. The lowest BCUT2D eigenvalue weighted by molar-refractivity contribution is 0.748. The predicted molar refractivity (Wildman–Crippen MR) is 608 cm³/mol. The van der Waals surface area contributed by atoms with Crippen molar-refractivity contribution in [3.63, 3.8) is 0 Å². The van der Waals surface area contributed by atoms with Crippen LogP contribution in [0, 0.1) is 0 Å². The Hall–Kier alpha value is -17.9. The Kier molecular flexibility index (Phi) is 23.6. The van der Waals surface area contributed by atoms with E-state index in [0.29, 0.717) is 12.1 Å². The van der Waals surface area contributed by atoms with Crippen LogP contribution in [0.4, 0.5) is 39.8 Å². The molecular formula is C139H100BrN5. The first-order valence-electron chi connectivity index (χ1n) is 50.1. The summed E-state index contributed by atoms with van der Waals surface area (Å²) in [6.45, 7) is 0. The van der Waals surface area contributed by atoms with E-state index >= 15 is 0 Å². The second kappa shape index (κ2) is 38.6. The summed E-state index contributed by atoms with van der Waals surface area (Å²) in [5, 5.41) is 0. The Labute approximate surface area is 856 Å². The maximum atomic E-state index is 6.34. The summed E-state index contributed by atoms with van der Waals surface area (Å²) >= 11 is 3.53. The number of nitrogens with two attached hydrogens (primary N) is 2. The number of anilines is 7. The molecular weight excluding hydrogens is 1820 g/mol. The fourth-order valence-electron chi connectivity index (χ4n) is 23.8. The van der Waals surface area contributed by atoms with Gasteiger partial charge in [0.15, 0.2) is 0 Å². The van der Waals surface area contributed by atoms with Gasteiger partial charge in [0.25, 0.3) is 0 Å². The number of rotatable bonds is 15. The second-order valence-electron chi connectivity index (χ2n) is 38.1. The van der Waals surface area contributed by atoms with E-state index in [0.717, 1.165) is 62.8 Å². The Balaban J connectivity index is 0.000000111. The summed E-state index contributed by atoms with van der Waals surface area (Å²) < 4.78 is 1.14. The fraction of sp³-hybridized carbons (Fsp3) is 0.0504. The highest BCUT2D eigenvalue weighted by Crippen LogP contribution is 2.69. The van der Waals surface area contributed by atoms with Gasteiger partial charge in [-0.2, -0.15) is 0 Å².